The molecule has 0 fully saturated rings. The molecule has 0 aliphatic rings. The molecule has 0 aliphatic carbocycles. The van der Waals surface area contributed by atoms with Crippen LogP contribution in [0.5, 0.6) is 34.5 Å². The molecule has 0 unspecified atom stereocenters. The van der Waals surface area contributed by atoms with Crippen LogP contribution in [0.2, 0.25) is 0 Å². The third-order valence-corrected chi connectivity index (χ3v) is 12.6. The molecular weight excluding hydrogens is 1140 g/mol. The number of hydrogen-bond donors (Lipinski definition) is 4. The Labute approximate surface area is 498 Å². The van der Waals surface area contributed by atoms with Crippen molar-refractivity contribution in [2.45, 2.75) is 7.43 Å². The van der Waals surface area contributed by atoms with Gasteiger partial charge in [-0.3, -0.25) is 28.3 Å². The second-order valence-corrected chi connectivity index (χ2v) is 19.5. The molecule has 4 heterocycles. The molecule has 1 amide bonds. The van der Waals surface area contributed by atoms with E-state index in [1.165, 1.54) is 60.9 Å². The average molecular weight is 1210 g/mol. The van der Waals surface area contributed by atoms with Crippen LogP contribution in [0.25, 0.3) is 22.1 Å². The van der Waals surface area contributed by atoms with Crippen LogP contribution < -0.4 is 61.5 Å². The SMILES string of the molecule is C.C=CC(=O)Cl.C=CC(=O)Nc1cc(Nc2ncc3cc(Oc4ccc(F)cc4F)c(=O)n(C)c3n2)c(OC)cc1N(C)CCN(C)C.COc1cc(N(C)CCN(C)C)c(N)cc1Nc1ncc2cc(Oc3ccc(F)cc3F)c(=O)n(C)c2n1. The highest BCUT2D eigenvalue weighted by Crippen LogP contribution is 2.39. The second-order valence-electron chi connectivity index (χ2n) is 19.1. The predicted molar refractivity (Wildman–Crippen MR) is 330 cm³/mol. The van der Waals surface area contributed by atoms with Crippen molar-refractivity contribution in [3.63, 3.8) is 0 Å². The zero-order valence-corrected chi connectivity index (χ0v) is 48.9. The Balaban J connectivity index is 0.000000289. The summed E-state index contributed by atoms with van der Waals surface area (Å²) in [6.45, 7) is 9.70. The van der Waals surface area contributed by atoms with E-state index in [2.05, 4.69) is 53.9 Å². The Morgan fingerprint density at radius 1 is 0.605 bits per heavy atom. The fourth-order valence-electron chi connectivity index (χ4n) is 7.85. The molecule has 5 N–H and O–H groups in total. The number of halogens is 5. The largest absolute Gasteiger partial charge is 0.494 e. The van der Waals surface area contributed by atoms with E-state index in [1.807, 2.05) is 63.1 Å². The zero-order valence-electron chi connectivity index (χ0n) is 48.2. The van der Waals surface area contributed by atoms with Gasteiger partial charge in [-0.25, -0.2) is 27.5 Å². The minimum atomic E-state index is -0.944. The van der Waals surface area contributed by atoms with Crippen molar-refractivity contribution in [3.05, 3.63) is 154 Å². The normalized spacial score (nSPS) is 10.7. The summed E-state index contributed by atoms with van der Waals surface area (Å²) in [6, 6.07) is 15.5. The standard InChI is InChI=1S/C29H31F2N7O4.C26H29F2N7O3.C3H3ClO.CH4/c1-7-26(39)33-20-14-21(24(41-6)15-22(20)37(4)11-10-36(2)3)34-29-32-16-17-12-25(28(40)38(5)27(17)35-29)42-23-9-8-18(30)13-19(23)31;1-33(2)8-9-34(3)20-13-22(37-5)19(12-18(20)29)31-26-30-14-15-10-23(25(36)35(4)24(15)32-26)38-21-7-6-16(27)11-17(21)28;1-2-3(4)5;/h7-9,12-16H,1,10-11H2,2-6H3,(H,33,39)(H,32,34,35);6-7,10-14H,8-9,29H2,1-5H3,(H,30,31,32);2H,1H2;1H4. The van der Waals surface area contributed by atoms with Crippen molar-refractivity contribution >= 4 is 90.8 Å². The number of nitrogens with zero attached hydrogens (tertiary/aromatic N) is 10. The summed E-state index contributed by atoms with van der Waals surface area (Å²) in [5.74, 6) is -3.34. The summed E-state index contributed by atoms with van der Waals surface area (Å²) < 4.78 is 79.2. The summed E-state index contributed by atoms with van der Waals surface area (Å²) in [6.07, 6.45) is 5.18. The lowest BCUT2D eigenvalue weighted by atomic mass is 10.2. The van der Waals surface area contributed by atoms with Gasteiger partial charge in [0.25, 0.3) is 11.1 Å². The Morgan fingerprint density at radius 2 is 1.02 bits per heavy atom. The molecule has 27 heteroatoms. The van der Waals surface area contributed by atoms with E-state index in [0.717, 1.165) is 61.4 Å². The minimum Gasteiger partial charge on any atom is -0.494 e. The van der Waals surface area contributed by atoms with Crippen molar-refractivity contribution in [1.29, 1.82) is 0 Å². The number of fused-ring (bicyclic) bond motifs is 2. The number of amides is 1. The summed E-state index contributed by atoms with van der Waals surface area (Å²) in [7, 11) is 17.9. The zero-order chi connectivity index (χ0) is 62.4. The maximum atomic E-state index is 14.1. The molecule has 4 aromatic carbocycles. The Hall–Kier alpha value is -9.79. The first-order chi connectivity index (χ1) is 40.3. The lowest BCUT2D eigenvalue weighted by Gasteiger charge is -2.26. The highest BCUT2D eigenvalue weighted by atomic mass is 35.5. The lowest BCUT2D eigenvalue weighted by molar-refractivity contribution is -0.112. The number of pyridine rings is 2. The van der Waals surface area contributed by atoms with E-state index >= 15 is 0 Å². The topological polar surface area (TPSA) is 242 Å². The number of nitrogens with two attached hydrogens (primary N) is 1. The van der Waals surface area contributed by atoms with Gasteiger partial charge in [-0.15, -0.1) is 0 Å². The molecule has 8 rings (SSSR count). The smallest absolute Gasteiger partial charge is 0.294 e. The van der Waals surface area contributed by atoms with Gasteiger partial charge in [-0.1, -0.05) is 20.6 Å². The van der Waals surface area contributed by atoms with E-state index in [0.29, 0.717) is 69.3 Å². The fourth-order valence-corrected chi connectivity index (χ4v) is 7.85. The maximum Gasteiger partial charge on any atom is 0.294 e. The molecule has 0 bridgehead atoms. The number of carbonyl (C=O) groups excluding carboxylic acids is 2. The summed E-state index contributed by atoms with van der Waals surface area (Å²) in [4.78, 5) is 73.4. The molecule has 22 nitrogen and oxygen atoms in total. The molecule has 0 spiro atoms. The summed E-state index contributed by atoms with van der Waals surface area (Å²) in [5, 5.41) is 9.42. The number of methoxy groups -OCH3 is 2. The van der Waals surface area contributed by atoms with Gasteiger partial charge in [0.15, 0.2) is 34.6 Å². The number of anilines is 8. The Bertz CT molecular complexity index is 3910. The number of allylic oxidation sites excluding steroid dienone is 1. The van der Waals surface area contributed by atoms with E-state index in [-0.39, 0.29) is 53.9 Å². The van der Waals surface area contributed by atoms with Gasteiger partial charge in [0.1, 0.15) is 34.4 Å². The number of hydrogen-bond acceptors (Lipinski definition) is 19. The molecule has 0 radical (unpaired) electrons. The van der Waals surface area contributed by atoms with Crippen molar-refractivity contribution in [2.75, 3.05) is 114 Å². The van der Waals surface area contributed by atoms with E-state index in [9.17, 15) is 36.7 Å². The minimum absolute atomic E-state index is 0. The highest BCUT2D eigenvalue weighted by molar-refractivity contribution is 6.66. The third kappa shape index (κ3) is 17.2. The number of nitrogens with one attached hydrogen (secondary N) is 3. The maximum absolute atomic E-state index is 14.1. The summed E-state index contributed by atoms with van der Waals surface area (Å²) >= 11 is 4.71. The first-order valence-corrected chi connectivity index (χ1v) is 25.9. The van der Waals surface area contributed by atoms with Crippen LogP contribution in [0.3, 0.4) is 0 Å². The van der Waals surface area contributed by atoms with Crippen LogP contribution in [-0.4, -0.2) is 133 Å². The first-order valence-electron chi connectivity index (χ1n) is 25.5. The third-order valence-electron chi connectivity index (χ3n) is 12.4. The van der Waals surface area contributed by atoms with Gasteiger partial charge in [0, 0.05) is 102 Å². The van der Waals surface area contributed by atoms with Crippen LogP contribution in [0.1, 0.15) is 7.43 Å². The number of nitrogen functional groups attached to an aromatic ring is 1. The number of ether oxygens (including phenoxy) is 4. The Morgan fingerprint density at radius 3 is 1.42 bits per heavy atom. The molecule has 4 aromatic heterocycles. The molecule has 456 valence electrons. The molecule has 86 heavy (non-hydrogen) atoms. The number of rotatable bonds is 21. The van der Waals surface area contributed by atoms with Crippen molar-refractivity contribution in [1.82, 2.24) is 38.9 Å². The van der Waals surface area contributed by atoms with Crippen LogP contribution in [0, 0.1) is 23.3 Å². The van der Waals surface area contributed by atoms with Crippen molar-refractivity contribution < 1.29 is 46.1 Å². The Kier molecular flexibility index (Phi) is 23.5. The van der Waals surface area contributed by atoms with Crippen LogP contribution in [0.15, 0.2) is 120 Å². The molecule has 8 aromatic rings. The molecular formula is C59H67ClF4N14O8. The van der Waals surface area contributed by atoms with Crippen LogP contribution in [-0.2, 0) is 23.7 Å². The quantitative estimate of drug-likeness (QED) is 0.0226. The van der Waals surface area contributed by atoms with Gasteiger partial charge in [0.2, 0.25) is 23.0 Å². The lowest BCUT2D eigenvalue weighted by Crippen LogP contribution is -2.29. The van der Waals surface area contributed by atoms with Crippen LogP contribution in [0.4, 0.5) is 63.6 Å². The number of aryl methyl sites for hydroxylation is 2. The highest BCUT2D eigenvalue weighted by Gasteiger charge is 2.20. The number of benzene rings is 4. The van der Waals surface area contributed by atoms with E-state index < -0.39 is 39.6 Å². The molecule has 0 atom stereocenters. The van der Waals surface area contributed by atoms with Crippen molar-refractivity contribution in [3.8, 4) is 34.5 Å². The predicted octanol–water partition coefficient (Wildman–Crippen LogP) is 9.58. The average Bonchev–Trinajstić information content (AvgIpc) is 1.38. The molecule has 0 saturated heterocycles. The van der Waals surface area contributed by atoms with E-state index in [1.54, 1.807) is 25.3 Å². The van der Waals surface area contributed by atoms with Gasteiger partial charge >= 0.3 is 0 Å². The number of aromatic nitrogens is 6. The molecule has 0 aliphatic heterocycles. The van der Waals surface area contributed by atoms with Gasteiger partial charge < -0.3 is 60.2 Å². The second kappa shape index (κ2) is 30.1. The summed E-state index contributed by atoms with van der Waals surface area (Å²) in [5.41, 5.74) is 9.37. The molecule has 0 saturated carbocycles. The monoisotopic (exact) mass is 1210 g/mol. The van der Waals surface area contributed by atoms with E-state index in [4.69, 9.17) is 36.3 Å². The van der Waals surface area contributed by atoms with Gasteiger partial charge in [-0.2, -0.15) is 9.97 Å². The fraction of sp³-hybridized carbons (Fsp3) is 0.254. The van der Waals surface area contributed by atoms with Crippen molar-refractivity contribution in [2.24, 2.45) is 14.1 Å². The number of carbonyl (C=O) groups is 2. The van der Waals surface area contributed by atoms with Gasteiger partial charge in [-0.05, 0) is 100 Å². The first kappa shape index (κ1) is 67.0. The van der Waals surface area contributed by atoms with Gasteiger partial charge in [0.05, 0.1) is 48.3 Å². The number of likely N-dealkylation sites (N-methyl/N-ethyl adjacent to an activating group) is 4. The van der Waals surface area contributed by atoms with Crippen LogP contribution >= 0.6 is 11.6 Å².